The number of hydroxylamine groups is 3. The Morgan fingerprint density at radius 3 is 2.62 bits per heavy atom. The molecule has 0 aromatic heterocycles. The van der Waals surface area contributed by atoms with E-state index in [1.165, 1.54) is 23.9 Å². The Morgan fingerprint density at radius 2 is 1.97 bits per heavy atom. The molecule has 1 N–H and O–H groups in total. The first kappa shape index (κ1) is 24.3. The molecule has 2 aromatic carbocycles. The number of carbonyl (C=O) groups is 1. The number of hydrogen-bond acceptors (Lipinski definition) is 3. The van der Waals surface area contributed by atoms with E-state index < -0.39 is 46.7 Å². The van der Waals surface area contributed by atoms with Crippen LogP contribution in [0.15, 0.2) is 54.6 Å². The molecule has 4 atom stereocenters. The summed E-state index contributed by atoms with van der Waals surface area (Å²) in [6.45, 7) is -0.719. The lowest BCUT2D eigenvalue weighted by Gasteiger charge is -2.48. The Labute approximate surface area is 196 Å². The molecule has 6 nitrogen and oxygen atoms in total. The minimum absolute atomic E-state index is 0.00725. The van der Waals surface area contributed by atoms with Gasteiger partial charge in [0, 0.05) is 25.6 Å². The van der Waals surface area contributed by atoms with Crippen molar-refractivity contribution < 1.29 is 27.7 Å². The predicted molar refractivity (Wildman–Crippen MR) is 122 cm³/mol. The van der Waals surface area contributed by atoms with Gasteiger partial charge in [0.05, 0.1) is 26.2 Å². The van der Waals surface area contributed by atoms with Crippen molar-refractivity contribution in [1.29, 1.82) is 0 Å². The number of aliphatic hydroxyl groups excluding tert-OH is 1. The number of rotatable bonds is 4. The average Bonchev–Trinajstić information content (AvgIpc) is 3.20. The number of benzene rings is 2. The van der Waals surface area contributed by atoms with E-state index in [2.05, 4.69) is 0 Å². The quantitative estimate of drug-likeness (QED) is 0.542. The predicted octanol–water partition coefficient (Wildman–Crippen LogP) is 3.66. The molecule has 1 unspecified atom stereocenters. The first-order valence-electron chi connectivity index (χ1n) is 11.2. The SMILES string of the molecule is CN(C(=O)N1CC(c2cc(F)ccc2F)=C[C@@]1(CO)c1ccccc1)[C@H]1CC[N+](C)([O-])C[C@H]1F. The molecule has 1 saturated heterocycles. The van der Waals surface area contributed by atoms with Gasteiger partial charge in [0.15, 0.2) is 6.17 Å². The number of piperidine rings is 1. The van der Waals surface area contributed by atoms with Crippen molar-refractivity contribution in [3.8, 4) is 0 Å². The van der Waals surface area contributed by atoms with Crippen molar-refractivity contribution in [3.05, 3.63) is 82.6 Å². The van der Waals surface area contributed by atoms with Crippen LogP contribution >= 0.6 is 0 Å². The molecular weight excluding hydrogens is 447 g/mol. The van der Waals surface area contributed by atoms with Crippen molar-refractivity contribution in [1.82, 2.24) is 9.80 Å². The molecule has 2 heterocycles. The number of halogens is 3. The highest BCUT2D eigenvalue weighted by Crippen LogP contribution is 2.41. The fourth-order valence-electron chi connectivity index (χ4n) is 4.99. The molecule has 0 aliphatic carbocycles. The van der Waals surface area contributed by atoms with Crippen molar-refractivity contribution in [2.24, 2.45) is 0 Å². The molecule has 0 saturated carbocycles. The Balaban J connectivity index is 1.73. The number of likely N-dealkylation sites (tertiary alicyclic amines) is 1. The summed E-state index contributed by atoms with van der Waals surface area (Å²) in [6, 6.07) is 10.4. The zero-order valence-electron chi connectivity index (χ0n) is 19.1. The second-order valence-corrected chi connectivity index (χ2v) is 9.30. The third kappa shape index (κ3) is 4.31. The monoisotopic (exact) mass is 475 g/mol. The minimum atomic E-state index is -1.51. The highest BCUT2D eigenvalue weighted by Gasteiger charge is 2.48. The Morgan fingerprint density at radius 1 is 1.26 bits per heavy atom. The van der Waals surface area contributed by atoms with E-state index in [0.29, 0.717) is 11.1 Å². The van der Waals surface area contributed by atoms with E-state index in [-0.39, 0.29) is 31.6 Å². The third-order valence-corrected chi connectivity index (χ3v) is 6.92. The maximum Gasteiger partial charge on any atom is 0.321 e. The molecule has 1 fully saturated rings. The largest absolute Gasteiger partial charge is 0.633 e. The van der Waals surface area contributed by atoms with E-state index >= 15 is 0 Å². The highest BCUT2D eigenvalue weighted by atomic mass is 19.1. The molecule has 34 heavy (non-hydrogen) atoms. The number of amides is 2. The van der Waals surface area contributed by atoms with Crippen LogP contribution in [-0.2, 0) is 5.54 Å². The van der Waals surface area contributed by atoms with E-state index in [0.717, 1.165) is 18.2 Å². The lowest BCUT2D eigenvalue weighted by atomic mass is 9.89. The van der Waals surface area contributed by atoms with Crippen molar-refractivity contribution in [3.63, 3.8) is 0 Å². The number of hydrogen-bond donors (Lipinski definition) is 1. The summed E-state index contributed by atoms with van der Waals surface area (Å²) in [5, 5.41) is 22.7. The van der Waals surface area contributed by atoms with Gasteiger partial charge in [-0.1, -0.05) is 30.3 Å². The van der Waals surface area contributed by atoms with Gasteiger partial charge in [-0.15, -0.1) is 0 Å². The van der Waals surface area contributed by atoms with Crippen molar-refractivity contribution in [2.75, 3.05) is 40.3 Å². The van der Waals surface area contributed by atoms with Gasteiger partial charge in [-0.25, -0.2) is 18.0 Å². The summed E-state index contributed by atoms with van der Waals surface area (Å²) in [7, 11) is 2.87. The van der Waals surface area contributed by atoms with Gasteiger partial charge in [0.2, 0.25) is 0 Å². The fourth-order valence-corrected chi connectivity index (χ4v) is 4.99. The summed E-state index contributed by atoms with van der Waals surface area (Å²) >= 11 is 0. The van der Waals surface area contributed by atoms with Gasteiger partial charge in [0.1, 0.15) is 23.7 Å². The second kappa shape index (κ2) is 9.05. The molecule has 0 bridgehead atoms. The number of nitrogens with zero attached hydrogens (tertiary/aromatic N) is 3. The van der Waals surface area contributed by atoms with Crippen LogP contribution in [-0.4, -0.2) is 78.1 Å². The van der Waals surface area contributed by atoms with Crippen LogP contribution in [0, 0.1) is 16.8 Å². The van der Waals surface area contributed by atoms with Gasteiger partial charge in [-0.05, 0) is 35.4 Å². The van der Waals surface area contributed by atoms with Crippen LogP contribution < -0.4 is 0 Å². The highest BCUT2D eigenvalue weighted by molar-refractivity contribution is 5.83. The first-order valence-corrected chi connectivity index (χ1v) is 11.2. The molecule has 2 aliphatic rings. The molecule has 2 amide bonds. The molecule has 0 spiro atoms. The molecule has 9 heteroatoms. The number of alkyl halides is 1. The average molecular weight is 476 g/mol. The number of urea groups is 1. The van der Waals surface area contributed by atoms with Crippen LogP contribution in [0.25, 0.3) is 5.57 Å². The van der Waals surface area contributed by atoms with E-state index in [4.69, 9.17) is 0 Å². The second-order valence-electron chi connectivity index (χ2n) is 9.30. The van der Waals surface area contributed by atoms with Gasteiger partial charge in [-0.3, -0.25) is 0 Å². The lowest BCUT2D eigenvalue weighted by molar-refractivity contribution is -0.869. The summed E-state index contributed by atoms with van der Waals surface area (Å²) in [5.41, 5.74) is -0.451. The van der Waals surface area contributed by atoms with Crippen LogP contribution in [0.4, 0.5) is 18.0 Å². The summed E-state index contributed by atoms with van der Waals surface area (Å²) in [4.78, 5) is 16.3. The van der Waals surface area contributed by atoms with Crippen LogP contribution in [0.5, 0.6) is 0 Å². The van der Waals surface area contributed by atoms with E-state index in [9.17, 15) is 28.3 Å². The molecule has 4 rings (SSSR count). The number of aliphatic hydroxyl groups is 1. The molecule has 0 radical (unpaired) electrons. The molecular formula is C25H28F3N3O3. The molecule has 182 valence electrons. The lowest BCUT2D eigenvalue weighted by Crippen LogP contribution is -2.61. The first-order chi connectivity index (χ1) is 16.1. The van der Waals surface area contributed by atoms with Crippen LogP contribution in [0.1, 0.15) is 17.5 Å². The van der Waals surface area contributed by atoms with Crippen molar-refractivity contribution in [2.45, 2.75) is 24.2 Å². The van der Waals surface area contributed by atoms with E-state index in [1.54, 1.807) is 36.4 Å². The normalized spacial score (nSPS) is 29.1. The maximum atomic E-state index is 14.9. The summed E-state index contributed by atoms with van der Waals surface area (Å²) in [5.74, 6) is -1.28. The maximum absolute atomic E-state index is 14.9. The molecule has 2 aliphatic heterocycles. The topological polar surface area (TPSA) is 66.8 Å². The minimum Gasteiger partial charge on any atom is -0.633 e. The van der Waals surface area contributed by atoms with Gasteiger partial charge in [0.25, 0.3) is 0 Å². The zero-order chi connectivity index (χ0) is 24.7. The molecule has 2 aromatic rings. The van der Waals surface area contributed by atoms with Gasteiger partial charge < -0.3 is 24.8 Å². The van der Waals surface area contributed by atoms with Crippen LogP contribution in [0.2, 0.25) is 0 Å². The zero-order valence-corrected chi connectivity index (χ0v) is 19.1. The standard InChI is InChI=1S/C25H28F3N3O3/c1-29(23-10-11-31(2,34)15-22(23)28)24(33)30-14-17(20-12-19(26)8-9-21(20)27)13-25(30,16-32)18-6-4-3-5-7-18/h3-9,12-13,22-23,32H,10-11,14-16H2,1-2H3/t22-,23+,25-,31?/m1/s1. The van der Waals surface area contributed by atoms with Crippen LogP contribution in [0.3, 0.4) is 0 Å². The third-order valence-electron chi connectivity index (χ3n) is 6.92. The fraction of sp³-hybridized carbons (Fsp3) is 0.400. The summed E-state index contributed by atoms with van der Waals surface area (Å²) in [6.07, 6.45) is 0.250. The smallest absolute Gasteiger partial charge is 0.321 e. The van der Waals surface area contributed by atoms with E-state index in [1.807, 2.05) is 0 Å². The number of carbonyl (C=O) groups excluding carboxylic acids is 1. The van der Waals surface area contributed by atoms with Crippen molar-refractivity contribution >= 4 is 11.6 Å². The Bertz CT molecular complexity index is 1100. The Hall–Kier alpha value is -2.88. The Kier molecular flexibility index (Phi) is 6.46. The van der Waals surface area contributed by atoms with Gasteiger partial charge in [-0.2, -0.15) is 0 Å². The number of quaternary nitrogens is 1. The van der Waals surface area contributed by atoms with Gasteiger partial charge >= 0.3 is 6.03 Å². The summed E-state index contributed by atoms with van der Waals surface area (Å²) < 4.78 is 42.7.